The number of carbonyl (C=O) groups is 2. The van der Waals surface area contributed by atoms with Gasteiger partial charge in [-0.1, -0.05) is 13.3 Å². The number of unbranched alkanes of at least 4 members (excludes halogenated alkanes) is 1. The van der Waals surface area contributed by atoms with Gasteiger partial charge in [-0.05, 0) is 13.3 Å². The number of nitrogens with two attached hydrogens (primary N) is 1. The van der Waals surface area contributed by atoms with E-state index in [1.165, 1.54) is 0 Å². The number of ether oxygens (including phenoxy) is 1. The minimum Gasteiger partial charge on any atom is -0.369 e. The molecule has 0 bridgehead atoms. The highest BCUT2D eigenvalue weighted by atomic mass is 16.5. The van der Waals surface area contributed by atoms with E-state index in [1.807, 2.05) is 4.90 Å². The molecule has 2 amide bonds. The molecule has 6 nitrogen and oxygen atoms in total. The molecule has 1 heterocycles. The van der Waals surface area contributed by atoms with E-state index >= 15 is 0 Å². The zero-order valence-electron chi connectivity index (χ0n) is 11.9. The van der Waals surface area contributed by atoms with Gasteiger partial charge in [0.15, 0.2) is 0 Å². The van der Waals surface area contributed by atoms with Crippen LogP contribution in [0.1, 0.15) is 26.7 Å². The molecular weight excluding hydrogens is 246 g/mol. The van der Waals surface area contributed by atoms with Crippen molar-refractivity contribution in [1.29, 1.82) is 0 Å². The van der Waals surface area contributed by atoms with Gasteiger partial charge in [0.1, 0.15) is 6.10 Å². The molecule has 0 saturated carbocycles. The van der Waals surface area contributed by atoms with Crippen LogP contribution in [-0.2, 0) is 14.3 Å². The molecule has 1 unspecified atom stereocenters. The Morgan fingerprint density at radius 1 is 1.26 bits per heavy atom. The Balaban J connectivity index is 2.29. The summed E-state index contributed by atoms with van der Waals surface area (Å²) in [5, 5.41) is 0. The van der Waals surface area contributed by atoms with E-state index in [-0.39, 0.29) is 24.5 Å². The topological polar surface area (TPSA) is 75.9 Å². The Hall–Kier alpha value is -1.14. The van der Waals surface area contributed by atoms with E-state index in [4.69, 9.17) is 10.5 Å². The number of nitrogens with zero attached hydrogens (tertiary/aromatic N) is 2. The van der Waals surface area contributed by atoms with Crippen molar-refractivity contribution < 1.29 is 14.3 Å². The molecule has 0 aliphatic carbocycles. The molecule has 0 aromatic rings. The third-order valence-electron chi connectivity index (χ3n) is 3.28. The fourth-order valence-corrected chi connectivity index (χ4v) is 2.08. The van der Waals surface area contributed by atoms with E-state index in [1.54, 1.807) is 11.8 Å². The number of hydrogen-bond donors (Lipinski definition) is 1. The minimum atomic E-state index is -0.380. The molecule has 1 aliphatic heterocycles. The van der Waals surface area contributed by atoms with Crippen molar-refractivity contribution in [2.75, 3.05) is 39.3 Å². The summed E-state index contributed by atoms with van der Waals surface area (Å²) in [6.45, 7) is 7.44. The third-order valence-corrected chi connectivity index (χ3v) is 3.28. The number of hydrogen-bond acceptors (Lipinski definition) is 4. The van der Waals surface area contributed by atoms with Crippen LogP contribution in [0.15, 0.2) is 0 Å². The van der Waals surface area contributed by atoms with Crippen LogP contribution >= 0.6 is 0 Å². The Morgan fingerprint density at radius 3 is 2.42 bits per heavy atom. The first-order chi connectivity index (χ1) is 9.04. The second kappa shape index (κ2) is 8.12. The van der Waals surface area contributed by atoms with Gasteiger partial charge in [-0.15, -0.1) is 0 Å². The van der Waals surface area contributed by atoms with Gasteiger partial charge < -0.3 is 15.4 Å². The predicted octanol–water partition coefficient (Wildman–Crippen LogP) is -0.179. The first kappa shape index (κ1) is 15.9. The highest BCUT2D eigenvalue weighted by Gasteiger charge is 2.25. The Bertz CT molecular complexity index is 302. The maximum absolute atomic E-state index is 12.1. The van der Waals surface area contributed by atoms with Gasteiger partial charge >= 0.3 is 0 Å². The number of rotatable bonds is 7. The Morgan fingerprint density at radius 2 is 1.89 bits per heavy atom. The van der Waals surface area contributed by atoms with Crippen molar-refractivity contribution in [2.24, 2.45) is 5.73 Å². The summed E-state index contributed by atoms with van der Waals surface area (Å²) in [5.41, 5.74) is 5.15. The first-order valence-corrected chi connectivity index (χ1v) is 6.95. The van der Waals surface area contributed by atoms with E-state index in [9.17, 15) is 9.59 Å². The lowest BCUT2D eigenvalue weighted by atomic mass is 10.2. The number of piperazine rings is 1. The maximum Gasteiger partial charge on any atom is 0.251 e. The van der Waals surface area contributed by atoms with Crippen LogP contribution < -0.4 is 5.73 Å². The Labute approximate surface area is 114 Å². The van der Waals surface area contributed by atoms with Crippen LogP contribution in [0.5, 0.6) is 0 Å². The van der Waals surface area contributed by atoms with Crippen LogP contribution in [0.25, 0.3) is 0 Å². The normalized spacial score (nSPS) is 18.3. The van der Waals surface area contributed by atoms with Crippen LogP contribution in [0.2, 0.25) is 0 Å². The number of carbonyl (C=O) groups excluding carboxylic acids is 2. The molecule has 110 valence electrons. The number of amides is 2. The molecule has 1 fully saturated rings. The molecule has 19 heavy (non-hydrogen) atoms. The quantitative estimate of drug-likeness (QED) is 0.652. The molecule has 0 aromatic heterocycles. The van der Waals surface area contributed by atoms with E-state index in [0.29, 0.717) is 32.8 Å². The van der Waals surface area contributed by atoms with Gasteiger partial charge in [0, 0.05) is 32.8 Å². The predicted molar refractivity (Wildman–Crippen MR) is 72.5 cm³/mol. The minimum absolute atomic E-state index is 0.0369. The summed E-state index contributed by atoms with van der Waals surface area (Å²) in [7, 11) is 0. The molecule has 6 heteroatoms. The molecule has 2 N–H and O–H groups in total. The highest BCUT2D eigenvalue weighted by Crippen LogP contribution is 2.06. The van der Waals surface area contributed by atoms with Gasteiger partial charge in [-0.2, -0.15) is 0 Å². The van der Waals surface area contributed by atoms with Gasteiger partial charge in [0.25, 0.3) is 5.91 Å². The van der Waals surface area contributed by atoms with E-state index in [2.05, 4.69) is 6.92 Å². The van der Waals surface area contributed by atoms with Crippen molar-refractivity contribution in [1.82, 2.24) is 9.80 Å². The van der Waals surface area contributed by atoms with Crippen LogP contribution in [-0.4, -0.2) is 67.0 Å². The zero-order chi connectivity index (χ0) is 14.3. The van der Waals surface area contributed by atoms with Crippen LogP contribution in [0, 0.1) is 0 Å². The first-order valence-electron chi connectivity index (χ1n) is 6.95. The maximum atomic E-state index is 12.1. The number of primary amides is 1. The lowest BCUT2D eigenvalue weighted by Gasteiger charge is -2.35. The van der Waals surface area contributed by atoms with Crippen LogP contribution in [0.4, 0.5) is 0 Å². The molecule has 0 radical (unpaired) electrons. The van der Waals surface area contributed by atoms with Crippen molar-refractivity contribution in [3.05, 3.63) is 0 Å². The van der Waals surface area contributed by atoms with Gasteiger partial charge in [-0.25, -0.2) is 0 Å². The summed E-state index contributed by atoms with van der Waals surface area (Å²) >= 11 is 0. The molecule has 0 spiro atoms. The second-order valence-electron chi connectivity index (χ2n) is 4.93. The van der Waals surface area contributed by atoms with E-state index in [0.717, 1.165) is 12.8 Å². The molecule has 1 rings (SSSR count). The molecule has 1 atom stereocenters. The van der Waals surface area contributed by atoms with E-state index < -0.39 is 0 Å². The fourth-order valence-electron chi connectivity index (χ4n) is 2.08. The largest absolute Gasteiger partial charge is 0.369 e. The van der Waals surface area contributed by atoms with Gasteiger partial charge in [-0.3, -0.25) is 14.5 Å². The average molecular weight is 271 g/mol. The summed E-state index contributed by atoms with van der Waals surface area (Å²) < 4.78 is 5.51. The second-order valence-corrected chi connectivity index (χ2v) is 4.93. The fraction of sp³-hybridized carbons (Fsp3) is 0.846. The summed E-state index contributed by atoms with van der Waals surface area (Å²) in [6, 6.07) is 0. The SMILES string of the molecule is CCCCOC(C)C(=O)N1CCN(CC(N)=O)CC1. The van der Waals surface area contributed by atoms with Crippen molar-refractivity contribution >= 4 is 11.8 Å². The third kappa shape index (κ3) is 5.57. The van der Waals surface area contributed by atoms with Gasteiger partial charge in [0.2, 0.25) is 5.91 Å². The monoisotopic (exact) mass is 271 g/mol. The average Bonchev–Trinajstić information content (AvgIpc) is 2.38. The van der Waals surface area contributed by atoms with Crippen molar-refractivity contribution in [3.63, 3.8) is 0 Å². The van der Waals surface area contributed by atoms with Crippen molar-refractivity contribution in [2.45, 2.75) is 32.8 Å². The lowest BCUT2D eigenvalue weighted by Crippen LogP contribution is -2.52. The highest BCUT2D eigenvalue weighted by molar-refractivity contribution is 5.80. The smallest absolute Gasteiger partial charge is 0.251 e. The lowest BCUT2D eigenvalue weighted by molar-refractivity contribution is -0.144. The van der Waals surface area contributed by atoms with Crippen molar-refractivity contribution in [3.8, 4) is 0 Å². The van der Waals surface area contributed by atoms with Crippen LogP contribution in [0.3, 0.4) is 0 Å². The zero-order valence-corrected chi connectivity index (χ0v) is 11.9. The summed E-state index contributed by atoms with van der Waals surface area (Å²) in [4.78, 5) is 26.7. The molecule has 1 saturated heterocycles. The molecule has 0 aromatic carbocycles. The molecule has 1 aliphatic rings. The Kier molecular flexibility index (Phi) is 6.80. The summed E-state index contributed by atoms with van der Waals surface area (Å²) in [6.07, 6.45) is 1.66. The summed E-state index contributed by atoms with van der Waals surface area (Å²) in [5.74, 6) is -0.286. The molecular formula is C13H25N3O3. The standard InChI is InChI=1S/C13H25N3O3/c1-3-4-9-19-11(2)13(18)16-7-5-15(6-8-16)10-12(14)17/h11H,3-10H2,1-2H3,(H2,14,17). The van der Waals surface area contributed by atoms with Gasteiger partial charge in [0.05, 0.1) is 6.54 Å².